The Morgan fingerprint density at radius 2 is 2.11 bits per heavy atom. The van der Waals surface area contributed by atoms with Crippen LogP contribution >= 0.6 is 11.3 Å². The second-order valence-electron chi connectivity index (χ2n) is 6.84. The number of carbonyl (C=O) groups excluding carboxylic acids is 1. The average Bonchev–Trinajstić information content (AvgIpc) is 3.09. The van der Waals surface area contributed by atoms with Gasteiger partial charge in [-0.1, -0.05) is 29.5 Å². The van der Waals surface area contributed by atoms with Gasteiger partial charge >= 0.3 is 0 Å². The number of fused-ring (bicyclic) bond motifs is 1. The third kappa shape index (κ3) is 4.47. The van der Waals surface area contributed by atoms with E-state index < -0.39 is 11.0 Å². The minimum atomic E-state index is -1.24. The van der Waals surface area contributed by atoms with Gasteiger partial charge in [-0.15, -0.1) is 0 Å². The van der Waals surface area contributed by atoms with E-state index in [-0.39, 0.29) is 11.9 Å². The zero-order chi connectivity index (χ0) is 19.5. The molecule has 2 unspecified atom stereocenters. The lowest BCUT2D eigenvalue weighted by Crippen LogP contribution is -2.43. The molecule has 4 rings (SSSR count). The van der Waals surface area contributed by atoms with E-state index >= 15 is 0 Å². The quantitative estimate of drug-likeness (QED) is 0.598. The molecule has 1 aliphatic heterocycles. The van der Waals surface area contributed by atoms with Crippen molar-refractivity contribution in [1.29, 1.82) is 0 Å². The highest BCUT2D eigenvalue weighted by Crippen LogP contribution is 2.31. The number of nitrogens with zero attached hydrogens (tertiary/aromatic N) is 1. The van der Waals surface area contributed by atoms with Gasteiger partial charge in [-0.05, 0) is 54.8 Å². The molecule has 0 aliphatic carbocycles. The summed E-state index contributed by atoms with van der Waals surface area (Å²) in [5.74, 6) is -0.130. The molecule has 146 valence electrons. The number of carbonyl (C=O) groups is 1. The van der Waals surface area contributed by atoms with Gasteiger partial charge in [-0.25, -0.2) is 13.9 Å². The zero-order valence-electron chi connectivity index (χ0n) is 15.5. The van der Waals surface area contributed by atoms with Crippen molar-refractivity contribution < 1.29 is 9.00 Å². The van der Waals surface area contributed by atoms with Gasteiger partial charge < -0.3 is 10.6 Å². The van der Waals surface area contributed by atoms with E-state index in [0.717, 1.165) is 52.2 Å². The van der Waals surface area contributed by atoms with E-state index in [1.807, 2.05) is 36.4 Å². The second-order valence-corrected chi connectivity index (χ2v) is 9.12. The van der Waals surface area contributed by atoms with Crippen molar-refractivity contribution in [3.8, 4) is 11.1 Å². The normalized spacial score (nSPS) is 18.1. The van der Waals surface area contributed by atoms with Crippen LogP contribution in [0.4, 0.5) is 5.13 Å². The van der Waals surface area contributed by atoms with Crippen LogP contribution in [-0.2, 0) is 15.8 Å². The standard InChI is InChI=1S/C20H22N4O2S2/c1-13(25)22-20-23-18-8-7-15(11-19(18)27-20)14-4-2-6-17(10-14)28(26)24-16-5-3-9-21-12-16/h2,4,6-8,10-11,16,21,24H,3,5,9,12H2,1H3,(H,22,23,25). The summed E-state index contributed by atoms with van der Waals surface area (Å²) in [7, 11) is -1.24. The van der Waals surface area contributed by atoms with Gasteiger partial charge in [0.25, 0.3) is 0 Å². The Hall–Kier alpha value is -2.13. The van der Waals surface area contributed by atoms with Crippen molar-refractivity contribution >= 4 is 43.6 Å². The molecule has 0 radical (unpaired) electrons. The molecule has 1 saturated heterocycles. The number of nitrogens with one attached hydrogen (secondary N) is 3. The predicted molar refractivity (Wildman–Crippen MR) is 115 cm³/mol. The lowest BCUT2D eigenvalue weighted by atomic mass is 10.1. The fourth-order valence-corrected chi connectivity index (χ4v) is 5.30. The number of hydrogen-bond donors (Lipinski definition) is 3. The highest BCUT2D eigenvalue weighted by atomic mass is 32.2. The molecule has 6 nitrogen and oxygen atoms in total. The van der Waals surface area contributed by atoms with E-state index in [1.54, 1.807) is 0 Å². The molecule has 3 N–H and O–H groups in total. The fourth-order valence-electron chi connectivity index (χ4n) is 3.27. The van der Waals surface area contributed by atoms with Crippen molar-refractivity contribution in [3.63, 3.8) is 0 Å². The van der Waals surface area contributed by atoms with Gasteiger partial charge in [0, 0.05) is 19.5 Å². The Balaban J connectivity index is 1.56. The van der Waals surface area contributed by atoms with Gasteiger partial charge in [-0.2, -0.15) is 0 Å². The van der Waals surface area contributed by atoms with Crippen molar-refractivity contribution in [3.05, 3.63) is 42.5 Å². The predicted octanol–water partition coefficient (Wildman–Crippen LogP) is 3.29. The molecule has 3 aromatic rings. The number of thiazole rings is 1. The average molecular weight is 415 g/mol. The van der Waals surface area contributed by atoms with E-state index in [2.05, 4.69) is 26.4 Å². The molecule has 2 aromatic carbocycles. The molecule has 0 spiro atoms. The molecule has 1 amide bonds. The molecule has 28 heavy (non-hydrogen) atoms. The topological polar surface area (TPSA) is 83.1 Å². The maximum absolute atomic E-state index is 12.7. The van der Waals surface area contributed by atoms with E-state index in [9.17, 15) is 9.00 Å². The molecule has 1 fully saturated rings. The highest BCUT2D eigenvalue weighted by Gasteiger charge is 2.16. The van der Waals surface area contributed by atoms with Gasteiger partial charge in [0.1, 0.15) is 11.0 Å². The van der Waals surface area contributed by atoms with Crippen molar-refractivity contribution in [2.75, 3.05) is 18.4 Å². The van der Waals surface area contributed by atoms with Crippen LogP contribution in [0.3, 0.4) is 0 Å². The first-order valence-corrected chi connectivity index (χ1v) is 11.2. The zero-order valence-corrected chi connectivity index (χ0v) is 17.2. The summed E-state index contributed by atoms with van der Waals surface area (Å²) >= 11 is 1.45. The number of amides is 1. The molecule has 0 bridgehead atoms. The van der Waals surface area contributed by atoms with Crippen LogP contribution in [0.2, 0.25) is 0 Å². The summed E-state index contributed by atoms with van der Waals surface area (Å²) in [5, 5.41) is 6.66. The van der Waals surface area contributed by atoms with Crippen LogP contribution in [0.15, 0.2) is 47.4 Å². The first-order valence-electron chi connectivity index (χ1n) is 9.26. The Kier molecular flexibility index (Phi) is 5.82. The second kappa shape index (κ2) is 8.48. The van der Waals surface area contributed by atoms with Gasteiger partial charge in [0.2, 0.25) is 5.91 Å². The molecule has 2 heterocycles. The fraction of sp³-hybridized carbons (Fsp3) is 0.300. The van der Waals surface area contributed by atoms with Gasteiger partial charge in [0.15, 0.2) is 5.13 Å². The maximum Gasteiger partial charge on any atom is 0.223 e. The Morgan fingerprint density at radius 3 is 2.89 bits per heavy atom. The number of piperidine rings is 1. The molecular formula is C20H22N4O2S2. The lowest BCUT2D eigenvalue weighted by molar-refractivity contribution is -0.114. The van der Waals surface area contributed by atoms with Crippen molar-refractivity contribution in [1.82, 2.24) is 15.0 Å². The van der Waals surface area contributed by atoms with Crippen LogP contribution in [0, 0.1) is 0 Å². The maximum atomic E-state index is 12.7. The summed E-state index contributed by atoms with van der Waals surface area (Å²) in [6.07, 6.45) is 2.14. The van der Waals surface area contributed by atoms with E-state index in [4.69, 9.17) is 0 Å². The molecule has 1 aliphatic rings. The third-order valence-electron chi connectivity index (χ3n) is 4.62. The van der Waals surface area contributed by atoms with Crippen molar-refractivity contribution in [2.24, 2.45) is 0 Å². The minimum absolute atomic E-state index is 0.130. The summed E-state index contributed by atoms with van der Waals surface area (Å²) in [6, 6.07) is 14.0. The van der Waals surface area contributed by atoms with Crippen LogP contribution in [0.1, 0.15) is 19.8 Å². The van der Waals surface area contributed by atoms with Crippen LogP contribution in [0.5, 0.6) is 0 Å². The largest absolute Gasteiger partial charge is 0.315 e. The number of benzene rings is 2. The summed E-state index contributed by atoms with van der Waals surface area (Å²) in [4.78, 5) is 16.4. The summed E-state index contributed by atoms with van der Waals surface area (Å²) < 4.78 is 17.0. The van der Waals surface area contributed by atoms with Crippen LogP contribution in [0.25, 0.3) is 21.3 Å². The first kappa shape index (κ1) is 19.2. The number of anilines is 1. The Labute approximate surface area is 170 Å². The molecule has 1 aromatic heterocycles. The summed E-state index contributed by atoms with van der Waals surface area (Å²) in [6.45, 7) is 3.36. The first-order chi connectivity index (χ1) is 13.6. The number of rotatable bonds is 5. The highest BCUT2D eigenvalue weighted by molar-refractivity contribution is 7.83. The van der Waals surface area contributed by atoms with Crippen LogP contribution in [-0.4, -0.2) is 34.2 Å². The van der Waals surface area contributed by atoms with Crippen LogP contribution < -0.4 is 15.4 Å². The Bertz CT molecular complexity index is 1030. The Morgan fingerprint density at radius 1 is 1.25 bits per heavy atom. The molecule has 0 saturated carbocycles. The van der Waals surface area contributed by atoms with E-state index in [0.29, 0.717) is 5.13 Å². The number of aromatic nitrogens is 1. The van der Waals surface area contributed by atoms with E-state index in [1.165, 1.54) is 18.3 Å². The minimum Gasteiger partial charge on any atom is -0.315 e. The summed E-state index contributed by atoms with van der Waals surface area (Å²) in [5.41, 5.74) is 2.89. The smallest absolute Gasteiger partial charge is 0.223 e. The lowest BCUT2D eigenvalue weighted by Gasteiger charge is -2.23. The third-order valence-corrected chi connectivity index (χ3v) is 6.79. The number of hydrogen-bond acceptors (Lipinski definition) is 5. The van der Waals surface area contributed by atoms with Gasteiger partial charge in [0.05, 0.1) is 15.1 Å². The molecular weight excluding hydrogens is 392 g/mol. The SMILES string of the molecule is CC(=O)Nc1nc2ccc(-c3cccc(S(=O)NC4CCCNC4)c3)cc2s1. The molecule has 8 heteroatoms. The monoisotopic (exact) mass is 414 g/mol. The molecule has 2 atom stereocenters. The van der Waals surface area contributed by atoms with Crippen molar-refractivity contribution in [2.45, 2.75) is 30.7 Å². The van der Waals surface area contributed by atoms with Gasteiger partial charge in [-0.3, -0.25) is 4.79 Å².